The molecule has 0 bridgehead atoms. The third-order valence-electron chi connectivity index (χ3n) is 3.53. The predicted molar refractivity (Wildman–Crippen MR) is 71.8 cm³/mol. The van der Waals surface area contributed by atoms with E-state index in [0.717, 1.165) is 31.6 Å². The van der Waals surface area contributed by atoms with Crippen molar-refractivity contribution in [3.8, 4) is 5.75 Å². The first-order valence-electron chi connectivity index (χ1n) is 6.56. The Kier molecular flexibility index (Phi) is 3.51. The van der Waals surface area contributed by atoms with Crippen LogP contribution in [0.3, 0.4) is 0 Å². The minimum absolute atomic E-state index is 0.0223. The van der Waals surface area contributed by atoms with Gasteiger partial charge in [-0.2, -0.15) is 5.10 Å². The number of aromatic amines is 1. The molecule has 1 fully saturated rings. The molecule has 0 atom stereocenters. The summed E-state index contributed by atoms with van der Waals surface area (Å²) in [5.74, 6) is 0.680. The van der Waals surface area contributed by atoms with Gasteiger partial charge >= 0.3 is 5.69 Å². The van der Waals surface area contributed by atoms with Gasteiger partial charge in [0.2, 0.25) is 0 Å². The third-order valence-corrected chi connectivity index (χ3v) is 3.53. The van der Waals surface area contributed by atoms with Gasteiger partial charge in [-0.05, 0) is 18.8 Å². The number of benzene rings is 1. The van der Waals surface area contributed by atoms with Crippen molar-refractivity contribution in [1.82, 2.24) is 10.2 Å². The lowest BCUT2D eigenvalue weighted by Gasteiger charge is -2.21. The number of nitrogens with one attached hydrogen (secondary N) is 1. The van der Waals surface area contributed by atoms with Gasteiger partial charge in [-0.15, -0.1) is 0 Å². The molecule has 20 heavy (non-hydrogen) atoms. The van der Waals surface area contributed by atoms with Gasteiger partial charge in [-0.25, -0.2) is 0 Å². The van der Waals surface area contributed by atoms with Crippen molar-refractivity contribution < 1.29 is 14.4 Å². The summed E-state index contributed by atoms with van der Waals surface area (Å²) < 4.78 is 11.0. The van der Waals surface area contributed by atoms with E-state index in [9.17, 15) is 10.1 Å². The van der Waals surface area contributed by atoms with Crippen molar-refractivity contribution in [2.45, 2.75) is 12.8 Å². The average Bonchev–Trinajstić information content (AvgIpc) is 2.92. The van der Waals surface area contributed by atoms with Crippen LogP contribution in [-0.2, 0) is 4.74 Å². The first kappa shape index (κ1) is 12.9. The fraction of sp³-hybridized carbons (Fsp3) is 0.462. The molecular weight excluding hydrogens is 262 g/mol. The summed E-state index contributed by atoms with van der Waals surface area (Å²) in [6.45, 7) is 1.94. The Morgan fingerprint density at radius 2 is 2.25 bits per heavy atom. The van der Waals surface area contributed by atoms with Crippen LogP contribution in [0.15, 0.2) is 18.3 Å². The minimum atomic E-state index is -0.425. The van der Waals surface area contributed by atoms with E-state index in [4.69, 9.17) is 9.47 Å². The average molecular weight is 277 g/mol. The molecule has 1 aliphatic rings. The van der Waals surface area contributed by atoms with Crippen LogP contribution in [-0.4, -0.2) is 34.9 Å². The highest BCUT2D eigenvalue weighted by Crippen LogP contribution is 2.32. The number of rotatable bonds is 4. The Morgan fingerprint density at radius 3 is 3.00 bits per heavy atom. The molecule has 0 saturated carbocycles. The molecule has 7 heteroatoms. The highest BCUT2D eigenvalue weighted by atomic mass is 16.6. The predicted octanol–water partition coefficient (Wildman–Crippen LogP) is 2.28. The van der Waals surface area contributed by atoms with Gasteiger partial charge in [0.25, 0.3) is 0 Å². The van der Waals surface area contributed by atoms with Crippen LogP contribution >= 0.6 is 0 Å². The Hall–Kier alpha value is -2.15. The number of ether oxygens (including phenoxy) is 2. The number of fused-ring (bicyclic) bond motifs is 1. The summed E-state index contributed by atoms with van der Waals surface area (Å²) in [6.07, 6.45) is 3.42. The molecule has 7 nitrogen and oxygen atoms in total. The monoisotopic (exact) mass is 277 g/mol. The lowest BCUT2D eigenvalue weighted by molar-refractivity contribution is -0.385. The van der Waals surface area contributed by atoms with E-state index in [1.807, 2.05) is 0 Å². The van der Waals surface area contributed by atoms with Crippen molar-refractivity contribution >= 4 is 16.6 Å². The fourth-order valence-electron chi connectivity index (χ4n) is 2.34. The fourth-order valence-corrected chi connectivity index (χ4v) is 2.34. The van der Waals surface area contributed by atoms with Gasteiger partial charge in [0, 0.05) is 30.7 Å². The van der Waals surface area contributed by atoms with Gasteiger partial charge in [0.15, 0.2) is 5.75 Å². The van der Waals surface area contributed by atoms with Crippen molar-refractivity contribution in [2.24, 2.45) is 5.92 Å². The largest absolute Gasteiger partial charge is 0.486 e. The zero-order chi connectivity index (χ0) is 13.9. The molecular formula is C13H15N3O4. The Morgan fingerprint density at radius 1 is 1.45 bits per heavy atom. The van der Waals surface area contributed by atoms with Crippen LogP contribution in [0.25, 0.3) is 10.9 Å². The Labute approximate surface area is 115 Å². The molecule has 1 N–H and O–H groups in total. The lowest BCUT2D eigenvalue weighted by Crippen LogP contribution is -2.21. The first-order chi connectivity index (χ1) is 9.74. The molecule has 1 aromatic carbocycles. The number of aromatic nitrogens is 2. The second-order valence-corrected chi connectivity index (χ2v) is 4.90. The summed E-state index contributed by atoms with van der Waals surface area (Å²) in [5, 5.41) is 18.5. The maximum atomic E-state index is 11.1. The molecule has 0 aliphatic carbocycles. The Balaban J connectivity index is 1.81. The van der Waals surface area contributed by atoms with E-state index < -0.39 is 4.92 Å². The summed E-state index contributed by atoms with van der Waals surface area (Å²) >= 11 is 0. The quantitative estimate of drug-likeness (QED) is 0.684. The van der Waals surface area contributed by atoms with Crippen LogP contribution in [0, 0.1) is 16.0 Å². The summed E-state index contributed by atoms with van der Waals surface area (Å²) in [6, 6.07) is 3.12. The van der Waals surface area contributed by atoms with Crippen LogP contribution in [0.1, 0.15) is 12.8 Å². The minimum Gasteiger partial charge on any atom is -0.486 e. The summed E-state index contributed by atoms with van der Waals surface area (Å²) in [7, 11) is 0. The van der Waals surface area contributed by atoms with E-state index in [1.165, 1.54) is 6.07 Å². The van der Waals surface area contributed by atoms with Crippen molar-refractivity contribution in [1.29, 1.82) is 0 Å². The van der Waals surface area contributed by atoms with E-state index in [0.29, 0.717) is 23.7 Å². The lowest BCUT2D eigenvalue weighted by atomic mass is 10.0. The van der Waals surface area contributed by atoms with Crippen molar-refractivity contribution in [3.05, 3.63) is 28.4 Å². The number of hydrogen-bond donors (Lipinski definition) is 1. The molecule has 1 saturated heterocycles. The van der Waals surface area contributed by atoms with E-state index in [-0.39, 0.29) is 5.69 Å². The second kappa shape index (κ2) is 5.46. The van der Waals surface area contributed by atoms with E-state index >= 15 is 0 Å². The molecule has 0 spiro atoms. The number of nitro groups is 1. The molecule has 2 aromatic rings. The zero-order valence-corrected chi connectivity index (χ0v) is 10.9. The summed E-state index contributed by atoms with van der Waals surface area (Å²) in [4.78, 5) is 10.7. The molecule has 1 aliphatic heterocycles. The highest BCUT2D eigenvalue weighted by molar-refractivity contribution is 5.83. The van der Waals surface area contributed by atoms with Crippen LogP contribution in [0.4, 0.5) is 5.69 Å². The highest BCUT2D eigenvalue weighted by Gasteiger charge is 2.20. The van der Waals surface area contributed by atoms with Gasteiger partial charge < -0.3 is 9.47 Å². The van der Waals surface area contributed by atoms with E-state index in [2.05, 4.69) is 10.2 Å². The molecule has 3 rings (SSSR count). The molecule has 1 aromatic heterocycles. The third kappa shape index (κ3) is 2.57. The van der Waals surface area contributed by atoms with Crippen LogP contribution in [0.2, 0.25) is 0 Å². The number of hydrogen-bond acceptors (Lipinski definition) is 5. The molecule has 0 unspecified atom stereocenters. The topological polar surface area (TPSA) is 90.3 Å². The zero-order valence-electron chi connectivity index (χ0n) is 10.9. The normalized spacial score (nSPS) is 16.4. The van der Waals surface area contributed by atoms with Crippen molar-refractivity contribution in [3.63, 3.8) is 0 Å². The van der Waals surface area contributed by atoms with Crippen molar-refractivity contribution in [2.75, 3.05) is 19.8 Å². The maximum absolute atomic E-state index is 11.1. The summed E-state index contributed by atoms with van der Waals surface area (Å²) in [5.41, 5.74) is 0.712. The first-order valence-corrected chi connectivity index (χ1v) is 6.56. The van der Waals surface area contributed by atoms with Gasteiger partial charge in [0.05, 0.1) is 23.2 Å². The Bertz CT molecular complexity index is 619. The smallest absolute Gasteiger partial charge is 0.311 e. The standard InChI is InChI=1S/C13H15N3O4/c17-16(18)12-5-10-7-14-15-11(10)6-13(12)20-8-9-1-3-19-4-2-9/h5-7,9H,1-4,8H2,(H,14,15). The SMILES string of the molecule is O=[N+]([O-])c1cc2cn[nH]c2cc1OCC1CCOCC1. The van der Waals surface area contributed by atoms with Crippen LogP contribution in [0.5, 0.6) is 5.75 Å². The van der Waals surface area contributed by atoms with Crippen LogP contribution < -0.4 is 4.74 Å². The second-order valence-electron chi connectivity index (χ2n) is 4.90. The van der Waals surface area contributed by atoms with Gasteiger partial charge in [0.1, 0.15) is 0 Å². The number of nitro benzene ring substituents is 1. The molecule has 0 radical (unpaired) electrons. The number of H-pyrrole nitrogens is 1. The molecule has 0 amide bonds. The maximum Gasteiger partial charge on any atom is 0.311 e. The van der Waals surface area contributed by atoms with Gasteiger partial charge in [-0.3, -0.25) is 15.2 Å². The molecule has 106 valence electrons. The van der Waals surface area contributed by atoms with Gasteiger partial charge in [-0.1, -0.05) is 0 Å². The number of nitrogens with zero attached hydrogens (tertiary/aromatic N) is 2. The van der Waals surface area contributed by atoms with E-state index in [1.54, 1.807) is 12.3 Å². The molecule has 2 heterocycles.